The monoisotopic (exact) mass is 310 g/mol. The van der Waals surface area contributed by atoms with Crippen molar-refractivity contribution in [3.8, 4) is 0 Å². The number of rotatable bonds is 3. The summed E-state index contributed by atoms with van der Waals surface area (Å²) in [6.45, 7) is 10.8. The molecular weight excluding hydrogens is 276 g/mol. The van der Waals surface area contributed by atoms with Gasteiger partial charge >= 0.3 is 0 Å². The smallest absolute Gasteiger partial charge is 0.00584 e. The SMILES string of the molecule is CC.CCC(C)C1=CC2=CCCC=C2C1.CCc1ccccc1. The topological polar surface area (TPSA) is 0 Å². The average Bonchev–Trinajstić information content (AvgIpc) is 3.08. The second-order valence-electron chi connectivity index (χ2n) is 6.01. The van der Waals surface area contributed by atoms with Crippen molar-refractivity contribution in [2.45, 2.75) is 66.7 Å². The van der Waals surface area contributed by atoms with Crippen LogP contribution < -0.4 is 0 Å². The number of aryl methyl sites for hydroxylation is 1. The first-order chi connectivity index (χ1) is 11.2. The number of allylic oxidation sites excluding steroid dienone is 6. The summed E-state index contributed by atoms with van der Waals surface area (Å²) in [4.78, 5) is 0. The first-order valence-corrected chi connectivity index (χ1v) is 9.38. The molecule has 0 heteroatoms. The molecule has 0 bridgehead atoms. The van der Waals surface area contributed by atoms with Crippen LogP contribution in [0.2, 0.25) is 0 Å². The average molecular weight is 311 g/mol. The summed E-state index contributed by atoms with van der Waals surface area (Å²) in [5.41, 5.74) is 6.15. The van der Waals surface area contributed by atoms with Gasteiger partial charge in [0.25, 0.3) is 0 Å². The molecule has 0 radical (unpaired) electrons. The molecule has 1 atom stereocenters. The van der Waals surface area contributed by atoms with Crippen molar-refractivity contribution in [1.29, 1.82) is 0 Å². The van der Waals surface area contributed by atoms with Crippen LogP contribution in [0.5, 0.6) is 0 Å². The van der Waals surface area contributed by atoms with Gasteiger partial charge in [-0.25, -0.2) is 0 Å². The zero-order chi connectivity index (χ0) is 17.1. The molecule has 126 valence electrons. The third-order valence-electron chi connectivity index (χ3n) is 4.52. The van der Waals surface area contributed by atoms with Gasteiger partial charge in [0.2, 0.25) is 0 Å². The van der Waals surface area contributed by atoms with Crippen molar-refractivity contribution in [3.63, 3.8) is 0 Å². The van der Waals surface area contributed by atoms with Gasteiger partial charge in [-0.15, -0.1) is 0 Å². The number of benzene rings is 1. The molecule has 1 aromatic carbocycles. The highest BCUT2D eigenvalue weighted by Crippen LogP contribution is 2.37. The third-order valence-corrected chi connectivity index (χ3v) is 4.52. The van der Waals surface area contributed by atoms with Crippen LogP contribution >= 0.6 is 0 Å². The minimum absolute atomic E-state index is 0.771. The van der Waals surface area contributed by atoms with Crippen molar-refractivity contribution in [2.24, 2.45) is 5.92 Å². The molecular formula is C23H34. The predicted molar refractivity (Wildman–Crippen MR) is 105 cm³/mol. The highest BCUT2D eigenvalue weighted by Gasteiger charge is 2.19. The summed E-state index contributed by atoms with van der Waals surface area (Å²) in [6.07, 6.45) is 13.3. The van der Waals surface area contributed by atoms with E-state index in [4.69, 9.17) is 0 Å². The fourth-order valence-electron chi connectivity index (χ4n) is 2.83. The second-order valence-corrected chi connectivity index (χ2v) is 6.01. The normalized spacial score (nSPS) is 16.5. The van der Waals surface area contributed by atoms with Gasteiger partial charge in [0.05, 0.1) is 0 Å². The lowest BCUT2D eigenvalue weighted by Crippen LogP contribution is -1.94. The second kappa shape index (κ2) is 11.0. The lowest BCUT2D eigenvalue weighted by Gasteiger charge is -2.09. The van der Waals surface area contributed by atoms with Crippen molar-refractivity contribution in [2.75, 3.05) is 0 Å². The van der Waals surface area contributed by atoms with E-state index in [9.17, 15) is 0 Å². The maximum atomic E-state index is 2.42. The van der Waals surface area contributed by atoms with Crippen LogP contribution in [0.3, 0.4) is 0 Å². The molecule has 3 rings (SSSR count). The largest absolute Gasteiger partial charge is 0.0801 e. The van der Waals surface area contributed by atoms with Crippen LogP contribution in [0.1, 0.15) is 65.9 Å². The van der Waals surface area contributed by atoms with Crippen molar-refractivity contribution < 1.29 is 0 Å². The predicted octanol–water partition coefficient (Wildman–Crippen LogP) is 7.28. The lowest BCUT2D eigenvalue weighted by atomic mass is 9.96. The number of fused-ring (bicyclic) bond motifs is 1. The van der Waals surface area contributed by atoms with Crippen LogP contribution in [-0.4, -0.2) is 0 Å². The van der Waals surface area contributed by atoms with E-state index >= 15 is 0 Å². The summed E-state index contributed by atoms with van der Waals surface area (Å²) in [5, 5.41) is 0. The molecule has 0 spiro atoms. The minimum atomic E-state index is 0.771. The van der Waals surface area contributed by atoms with E-state index in [1.807, 2.05) is 19.9 Å². The Labute approximate surface area is 144 Å². The van der Waals surface area contributed by atoms with E-state index in [1.165, 1.54) is 36.8 Å². The van der Waals surface area contributed by atoms with Crippen LogP contribution in [0.15, 0.2) is 65.3 Å². The Bertz CT molecular complexity index is 528. The zero-order valence-corrected chi connectivity index (χ0v) is 15.7. The minimum Gasteiger partial charge on any atom is -0.0801 e. The summed E-state index contributed by atoms with van der Waals surface area (Å²) in [6, 6.07) is 10.5. The maximum absolute atomic E-state index is 2.42. The van der Waals surface area contributed by atoms with Gasteiger partial charge < -0.3 is 0 Å². The molecule has 0 aromatic heterocycles. The molecule has 0 amide bonds. The molecule has 2 aliphatic rings. The van der Waals surface area contributed by atoms with E-state index in [1.54, 1.807) is 11.1 Å². The quantitative estimate of drug-likeness (QED) is 0.550. The van der Waals surface area contributed by atoms with Crippen LogP contribution in [0.4, 0.5) is 0 Å². The van der Waals surface area contributed by atoms with Crippen molar-refractivity contribution in [3.05, 3.63) is 70.8 Å². The van der Waals surface area contributed by atoms with Crippen molar-refractivity contribution in [1.82, 2.24) is 0 Å². The van der Waals surface area contributed by atoms with Gasteiger partial charge in [0, 0.05) is 0 Å². The Kier molecular flexibility index (Phi) is 9.36. The van der Waals surface area contributed by atoms with Gasteiger partial charge in [-0.05, 0) is 54.7 Å². The van der Waals surface area contributed by atoms with Gasteiger partial charge in [0.1, 0.15) is 0 Å². The zero-order valence-electron chi connectivity index (χ0n) is 15.7. The molecule has 0 N–H and O–H groups in total. The maximum Gasteiger partial charge on any atom is -0.00584 e. The van der Waals surface area contributed by atoms with Gasteiger partial charge in [-0.2, -0.15) is 0 Å². The summed E-state index contributed by atoms with van der Waals surface area (Å²) in [7, 11) is 0. The Balaban J connectivity index is 0.000000228. The first-order valence-electron chi connectivity index (χ1n) is 9.38. The Morgan fingerprint density at radius 2 is 1.61 bits per heavy atom. The molecule has 23 heavy (non-hydrogen) atoms. The molecule has 0 saturated heterocycles. The summed E-state index contributed by atoms with van der Waals surface area (Å²) < 4.78 is 0. The molecule has 0 saturated carbocycles. The molecule has 1 aromatic rings. The molecule has 2 aliphatic carbocycles. The molecule has 0 fully saturated rings. The van der Waals surface area contributed by atoms with E-state index in [0.29, 0.717) is 0 Å². The highest BCUT2D eigenvalue weighted by atomic mass is 14.2. The Morgan fingerprint density at radius 1 is 0.957 bits per heavy atom. The Hall–Kier alpha value is -1.56. The fourth-order valence-corrected chi connectivity index (χ4v) is 2.83. The molecule has 0 heterocycles. The van der Waals surface area contributed by atoms with Crippen molar-refractivity contribution >= 4 is 0 Å². The molecule has 0 nitrogen and oxygen atoms in total. The summed E-state index contributed by atoms with van der Waals surface area (Å²) in [5.74, 6) is 0.771. The Morgan fingerprint density at radius 3 is 2.13 bits per heavy atom. The summed E-state index contributed by atoms with van der Waals surface area (Å²) >= 11 is 0. The first kappa shape index (κ1) is 19.5. The van der Waals surface area contributed by atoms with E-state index in [2.05, 4.69) is 63.3 Å². The van der Waals surface area contributed by atoms with Gasteiger partial charge in [-0.3, -0.25) is 0 Å². The van der Waals surface area contributed by atoms with Crippen LogP contribution in [-0.2, 0) is 6.42 Å². The van der Waals surface area contributed by atoms with Gasteiger partial charge in [-0.1, -0.05) is 88.8 Å². The molecule has 1 unspecified atom stereocenters. The van der Waals surface area contributed by atoms with E-state index < -0.39 is 0 Å². The van der Waals surface area contributed by atoms with E-state index in [0.717, 1.165) is 12.3 Å². The lowest BCUT2D eigenvalue weighted by molar-refractivity contribution is 0.644. The highest BCUT2D eigenvalue weighted by molar-refractivity contribution is 5.51. The van der Waals surface area contributed by atoms with E-state index in [-0.39, 0.29) is 0 Å². The third kappa shape index (κ3) is 6.22. The number of hydrogen-bond acceptors (Lipinski definition) is 0. The van der Waals surface area contributed by atoms with Crippen LogP contribution in [0, 0.1) is 5.92 Å². The van der Waals surface area contributed by atoms with Gasteiger partial charge in [0.15, 0.2) is 0 Å². The fraction of sp³-hybridized carbons (Fsp3) is 0.478. The number of hydrogen-bond donors (Lipinski definition) is 0. The molecule has 0 aliphatic heterocycles. The van der Waals surface area contributed by atoms with Crippen LogP contribution in [0.25, 0.3) is 0 Å². The standard InChI is InChI=1S/C13H18.C8H10.C2H6/c1-3-10(2)13-8-11-6-4-5-7-12(11)9-13;1-2-8-6-4-3-5-7-8;1-2/h6-8,10H,3-5,9H2,1-2H3;3-7H,2H2,1H3;1-2H3.